The largest absolute Gasteiger partial charge is 0.493 e. The smallest absolute Gasteiger partial charge is 0.315 e. The molecule has 2 aliphatic rings. The highest BCUT2D eigenvalue weighted by molar-refractivity contribution is 5.87. The molecule has 1 fully saturated rings. The van der Waals surface area contributed by atoms with Crippen molar-refractivity contribution in [1.82, 2.24) is 20.9 Å². The topological polar surface area (TPSA) is 135 Å². The van der Waals surface area contributed by atoms with E-state index in [-0.39, 0.29) is 23.9 Å². The molecule has 0 bridgehead atoms. The number of hydrogen-bond donors (Lipinski definition) is 4. The third kappa shape index (κ3) is 9.87. The summed E-state index contributed by atoms with van der Waals surface area (Å²) in [6, 6.07) is 3.46. The Morgan fingerprint density at radius 3 is 2.40 bits per heavy atom. The van der Waals surface area contributed by atoms with Gasteiger partial charge in [0, 0.05) is 32.1 Å². The minimum atomic E-state index is -0.597. The first-order valence-corrected chi connectivity index (χ1v) is 15.0. The lowest BCUT2D eigenvalue weighted by atomic mass is 9.96. The van der Waals surface area contributed by atoms with Crippen LogP contribution in [0, 0.1) is 0 Å². The summed E-state index contributed by atoms with van der Waals surface area (Å²) in [5, 5.41) is 9.01. The minimum absolute atomic E-state index is 0.0706. The molecule has 1 aromatic carbocycles. The van der Waals surface area contributed by atoms with E-state index in [1.54, 1.807) is 14.2 Å². The second-order valence-electron chi connectivity index (χ2n) is 10.9. The minimum Gasteiger partial charge on any atom is -0.493 e. The Morgan fingerprint density at radius 2 is 1.70 bits per heavy atom. The molecule has 5 N–H and O–H groups in total. The van der Waals surface area contributed by atoms with Crippen LogP contribution in [0.25, 0.3) is 0 Å². The Labute approximate surface area is 239 Å². The van der Waals surface area contributed by atoms with Crippen molar-refractivity contribution < 1.29 is 23.9 Å². The number of methoxy groups -OCH3 is 2. The number of nitrogens with one attached hydrogen (secondary N) is 3. The summed E-state index contributed by atoms with van der Waals surface area (Å²) in [7, 11) is 3.22. The van der Waals surface area contributed by atoms with Crippen LogP contribution in [0.3, 0.4) is 0 Å². The summed E-state index contributed by atoms with van der Waals surface area (Å²) in [4.78, 5) is 40.4. The number of carbonyl (C=O) groups excluding carboxylic acids is 3. The lowest BCUT2D eigenvalue weighted by Gasteiger charge is -2.32. The molecule has 0 spiro atoms. The lowest BCUT2D eigenvalue weighted by molar-refractivity contribution is -0.137. The van der Waals surface area contributed by atoms with Crippen molar-refractivity contribution in [2.75, 3.05) is 33.9 Å². The molecule has 0 aromatic heterocycles. The highest BCUT2D eigenvalue weighted by Gasteiger charge is 2.29. The van der Waals surface area contributed by atoms with Crippen molar-refractivity contribution in [2.45, 2.75) is 102 Å². The van der Waals surface area contributed by atoms with Crippen LogP contribution in [0.2, 0.25) is 0 Å². The SMILES string of the molecule is COc1cc2c(cc1OC)CN(C(=O)C(CCCCNC(=O)NC1CCCCC1)NC(=O)CCCCCN)CC2. The average Bonchev–Trinajstić information content (AvgIpc) is 2.97. The average molecular weight is 560 g/mol. The predicted octanol–water partition coefficient (Wildman–Crippen LogP) is 3.39. The van der Waals surface area contributed by atoms with Gasteiger partial charge in [-0.05, 0) is 81.2 Å². The quantitative estimate of drug-likeness (QED) is 0.243. The molecule has 1 saturated carbocycles. The molecule has 4 amide bonds. The first kappa shape index (κ1) is 31.5. The summed E-state index contributed by atoms with van der Waals surface area (Å²) in [6.45, 7) is 2.18. The second-order valence-corrected chi connectivity index (χ2v) is 10.9. The van der Waals surface area contributed by atoms with E-state index in [9.17, 15) is 14.4 Å². The number of hydrogen-bond acceptors (Lipinski definition) is 6. The molecule has 0 saturated heterocycles. The van der Waals surface area contributed by atoms with Crippen molar-refractivity contribution in [3.63, 3.8) is 0 Å². The summed E-state index contributed by atoms with van der Waals surface area (Å²) < 4.78 is 10.9. The second kappa shape index (κ2) is 16.9. The van der Waals surface area contributed by atoms with Gasteiger partial charge in [-0.25, -0.2) is 4.79 Å². The van der Waals surface area contributed by atoms with Crippen molar-refractivity contribution in [2.24, 2.45) is 5.73 Å². The lowest BCUT2D eigenvalue weighted by Crippen LogP contribution is -2.50. The molecule has 40 heavy (non-hydrogen) atoms. The number of ether oxygens (including phenoxy) is 2. The van der Waals surface area contributed by atoms with E-state index in [1.165, 1.54) is 19.3 Å². The maximum absolute atomic E-state index is 13.6. The van der Waals surface area contributed by atoms with E-state index in [1.807, 2.05) is 17.0 Å². The molecule has 10 nitrogen and oxygen atoms in total. The predicted molar refractivity (Wildman–Crippen MR) is 155 cm³/mol. The summed E-state index contributed by atoms with van der Waals surface area (Å²) >= 11 is 0. The number of urea groups is 1. The maximum Gasteiger partial charge on any atom is 0.315 e. The normalized spacial score (nSPS) is 16.0. The van der Waals surface area contributed by atoms with Crippen molar-refractivity contribution in [3.05, 3.63) is 23.3 Å². The number of unbranched alkanes of at least 4 members (excludes halogenated alkanes) is 3. The Kier molecular flexibility index (Phi) is 13.4. The number of carbonyl (C=O) groups is 3. The van der Waals surface area contributed by atoms with Gasteiger partial charge in [-0.15, -0.1) is 0 Å². The molecule has 0 radical (unpaired) electrons. The van der Waals surface area contributed by atoms with E-state index >= 15 is 0 Å². The van der Waals surface area contributed by atoms with E-state index < -0.39 is 6.04 Å². The van der Waals surface area contributed by atoms with Gasteiger partial charge in [0.15, 0.2) is 11.5 Å². The van der Waals surface area contributed by atoms with Crippen LogP contribution in [0.15, 0.2) is 12.1 Å². The van der Waals surface area contributed by atoms with Crippen LogP contribution < -0.4 is 31.2 Å². The van der Waals surface area contributed by atoms with Gasteiger partial charge in [-0.1, -0.05) is 25.7 Å². The zero-order valence-corrected chi connectivity index (χ0v) is 24.4. The number of rotatable bonds is 15. The fourth-order valence-corrected chi connectivity index (χ4v) is 5.58. The van der Waals surface area contributed by atoms with Gasteiger partial charge in [0.2, 0.25) is 11.8 Å². The van der Waals surface area contributed by atoms with Gasteiger partial charge in [-0.3, -0.25) is 9.59 Å². The van der Waals surface area contributed by atoms with Crippen LogP contribution >= 0.6 is 0 Å². The molecular weight excluding hydrogens is 510 g/mol. The van der Waals surface area contributed by atoms with Gasteiger partial charge in [0.05, 0.1) is 14.2 Å². The summed E-state index contributed by atoms with van der Waals surface area (Å²) in [6.07, 6.45) is 11.3. The number of fused-ring (bicyclic) bond motifs is 1. The van der Waals surface area contributed by atoms with Crippen LogP contribution in [0.4, 0.5) is 4.79 Å². The molecular formula is C30H49N5O5. The molecule has 1 aliphatic heterocycles. The molecule has 1 unspecified atom stereocenters. The molecule has 224 valence electrons. The van der Waals surface area contributed by atoms with Crippen LogP contribution in [0.5, 0.6) is 11.5 Å². The third-order valence-corrected chi connectivity index (χ3v) is 7.92. The van der Waals surface area contributed by atoms with E-state index in [0.29, 0.717) is 63.4 Å². The van der Waals surface area contributed by atoms with Crippen molar-refractivity contribution in [1.29, 1.82) is 0 Å². The van der Waals surface area contributed by atoms with Gasteiger partial charge in [0.25, 0.3) is 0 Å². The van der Waals surface area contributed by atoms with Crippen molar-refractivity contribution in [3.8, 4) is 11.5 Å². The first-order chi connectivity index (χ1) is 19.4. The highest BCUT2D eigenvalue weighted by Crippen LogP contribution is 2.33. The molecule has 3 rings (SSSR count). The summed E-state index contributed by atoms with van der Waals surface area (Å²) in [5.41, 5.74) is 7.73. The Morgan fingerprint density at radius 1 is 0.975 bits per heavy atom. The zero-order valence-electron chi connectivity index (χ0n) is 24.4. The zero-order chi connectivity index (χ0) is 28.7. The first-order valence-electron chi connectivity index (χ1n) is 15.0. The summed E-state index contributed by atoms with van der Waals surface area (Å²) in [5.74, 6) is 1.14. The fourth-order valence-electron chi connectivity index (χ4n) is 5.58. The van der Waals surface area contributed by atoms with E-state index in [4.69, 9.17) is 15.2 Å². The Bertz CT molecular complexity index is 966. The monoisotopic (exact) mass is 559 g/mol. The molecule has 1 aromatic rings. The van der Waals surface area contributed by atoms with Gasteiger partial charge < -0.3 is 36.1 Å². The van der Waals surface area contributed by atoms with Gasteiger partial charge in [-0.2, -0.15) is 0 Å². The van der Waals surface area contributed by atoms with Crippen LogP contribution in [0.1, 0.15) is 88.2 Å². The molecule has 1 heterocycles. The number of amides is 4. The number of nitrogens with zero attached hydrogens (tertiary/aromatic N) is 1. The molecule has 10 heteroatoms. The van der Waals surface area contributed by atoms with Crippen molar-refractivity contribution >= 4 is 17.8 Å². The third-order valence-electron chi connectivity index (χ3n) is 7.92. The molecule has 1 atom stereocenters. The van der Waals surface area contributed by atoms with Crippen LogP contribution in [-0.4, -0.2) is 68.7 Å². The number of nitrogens with two attached hydrogens (primary N) is 1. The maximum atomic E-state index is 13.6. The van der Waals surface area contributed by atoms with E-state index in [2.05, 4.69) is 16.0 Å². The Hall–Kier alpha value is -3.01. The molecule has 1 aliphatic carbocycles. The van der Waals surface area contributed by atoms with E-state index in [0.717, 1.165) is 49.7 Å². The van der Waals surface area contributed by atoms with Gasteiger partial charge in [0.1, 0.15) is 6.04 Å². The highest BCUT2D eigenvalue weighted by atomic mass is 16.5. The van der Waals surface area contributed by atoms with Crippen LogP contribution in [-0.2, 0) is 22.6 Å². The number of benzene rings is 1. The standard InChI is InChI=1S/C30H49N5O5/c1-39-26-19-22-15-18-35(21-23(22)20-27(26)40-2)29(37)25(34-28(36)14-7-4-9-16-31)13-8-10-17-32-30(38)33-24-11-5-3-6-12-24/h19-20,24-25H,3-18,21,31H2,1-2H3,(H,34,36)(H2,32,33,38). The fraction of sp³-hybridized carbons (Fsp3) is 0.700. The van der Waals surface area contributed by atoms with Gasteiger partial charge >= 0.3 is 6.03 Å². The Balaban J connectivity index is 1.54.